The topological polar surface area (TPSA) is 121 Å². The third-order valence-corrected chi connectivity index (χ3v) is 3.65. The zero-order valence-corrected chi connectivity index (χ0v) is 11.3. The number of carboxylic acids is 1. The van der Waals surface area contributed by atoms with E-state index in [2.05, 4.69) is 14.7 Å². The molecule has 1 atom stereocenters. The Hall–Kier alpha value is -1.45. The fourth-order valence-electron chi connectivity index (χ4n) is 1.38. The van der Waals surface area contributed by atoms with E-state index in [0.29, 0.717) is 12.3 Å². The molecular formula is C10H17N3O5S. The van der Waals surface area contributed by atoms with Gasteiger partial charge in [0.2, 0.25) is 10.0 Å². The summed E-state index contributed by atoms with van der Waals surface area (Å²) < 4.78 is 30.4. The van der Waals surface area contributed by atoms with Gasteiger partial charge in [0, 0.05) is 24.9 Å². The van der Waals surface area contributed by atoms with Gasteiger partial charge in [-0.3, -0.25) is 4.79 Å². The molecule has 1 aromatic heterocycles. The Balaban J connectivity index is 2.60. The van der Waals surface area contributed by atoms with Crippen molar-refractivity contribution in [2.45, 2.75) is 19.4 Å². The predicted molar refractivity (Wildman–Crippen MR) is 67.1 cm³/mol. The Kier molecular flexibility index (Phi) is 5.93. The predicted octanol–water partition coefficient (Wildman–Crippen LogP) is -0.639. The SMILES string of the molecule is CCOCCS(=O)(=O)N[C@H](Cc1cnc[nH]1)C(=O)O. The lowest BCUT2D eigenvalue weighted by Crippen LogP contribution is -2.43. The molecule has 0 amide bonds. The van der Waals surface area contributed by atoms with E-state index in [-0.39, 0.29) is 18.8 Å². The molecule has 3 N–H and O–H groups in total. The van der Waals surface area contributed by atoms with E-state index in [1.165, 1.54) is 12.5 Å². The second-order valence-electron chi connectivity index (χ2n) is 3.81. The number of ether oxygens (including phenoxy) is 1. The molecule has 1 heterocycles. The van der Waals surface area contributed by atoms with Gasteiger partial charge in [0.25, 0.3) is 0 Å². The van der Waals surface area contributed by atoms with Crippen molar-refractivity contribution in [2.75, 3.05) is 19.0 Å². The lowest BCUT2D eigenvalue weighted by Gasteiger charge is -2.13. The molecule has 8 nitrogen and oxygen atoms in total. The van der Waals surface area contributed by atoms with Crippen LogP contribution in [-0.4, -0.2) is 54.5 Å². The highest BCUT2D eigenvalue weighted by Gasteiger charge is 2.24. The zero-order valence-electron chi connectivity index (χ0n) is 10.5. The van der Waals surface area contributed by atoms with Crippen LogP contribution in [0.4, 0.5) is 0 Å². The van der Waals surface area contributed by atoms with Crippen molar-refractivity contribution in [3.63, 3.8) is 0 Å². The number of hydrogen-bond acceptors (Lipinski definition) is 5. The fraction of sp³-hybridized carbons (Fsp3) is 0.600. The van der Waals surface area contributed by atoms with Crippen LogP contribution < -0.4 is 4.72 Å². The molecule has 0 aromatic carbocycles. The molecule has 0 saturated heterocycles. The summed E-state index contributed by atoms with van der Waals surface area (Å²) >= 11 is 0. The van der Waals surface area contributed by atoms with Crippen molar-refractivity contribution in [1.29, 1.82) is 0 Å². The van der Waals surface area contributed by atoms with E-state index in [9.17, 15) is 13.2 Å². The van der Waals surface area contributed by atoms with E-state index in [0.717, 1.165) is 0 Å². The molecule has 0 bridgehead atoms. The summed E-state index contributed by atoms with van der Waals surface area (Å²) in [5.41, 5.74) is 0.542. The zero-order chi connectivity index (χ0) is 14.3. The van der Waals surface area contributed by atoms with Gasteiger partial charge in [-0.25, -0.2) is 18.1 Å². The molecule has 0 radical (unpaired) electrons. The van der Waals surface area contributed by atoms with Gasteiger partial charge in [0.15, 0.2) is 0 Å². The average molecular weight is 291 g/mol. The summed E-state index contributed by atoms with van der Waals surface area (Å²) in [7, 11) is -3.69. The van der Waals surface area contributed by atoms with Crippen LogP contribution in [0.3, 0.4) is 0 Å². The lowest BCUT2D eigenvalue weighted by molar-refractivity contribution is -0.138. The van der Waals surface area contributed by atoms with Crippen LogP contribution >= 0.6 is 0 Å². The summed E-state index contributed by atoms with van der Waals surface area (Å²) in [6.07, 6.45) is 2.85. The van der Waals surface area contributed by atoms with Crippen LogP contribution in [0.1, 0.15) is 12.6 Å². The molecule has 19 heavy (non-hydrogen) atoms. The van der Waals surface area contributed by atoms with Crippen LogP contribution in [-0.2, 0) is 26.0 Å². The van der Waals surface area contributed by atoms with Gasteiger partial charge < -0.3 is 14.8 Å². The number of sulfonamides is 1. The molecular weight excluding hydrogens is 274 g/mol. The Morgan fingerprint density at radius 2 is 2.37 bits per heavy atom. The molecule has 9 heteroatoms. The van der Waals surface area contributed by atoms with Crippen LogP contribution in [0.5, 0.6) is 0 Å². The average Bonchev–Trinajstić information content (AvgIpc) is 2.80. The number of aromatic nitrogens is 2. The van der Waals surface area contributed by atoms with Gasteiger partial charge in [-0.2, -0.15) is 0 Å². The number of imidazole rings is 1. The highest BCUT2D eigenvalue weighted by Crippen LogP contribution is 2.01. The minimum Gasteiger partial charge on any atom is -0.480 e. The van der Waals surface area contributed by atoms with Crippen LogP contribution in [0.15, 0.2) is 12.5 Å². The molecule has 1 rings (SSSR count). The maximum absolute atomic E-state index is 11.7. The number of hydrogen-bond donors (Lipinski definition) is 3. The van der Waals surface area contributed by atoms with Gasteiger partial charge in [0.1, 0.15) is 6.04 Å². The van der Waals surface area contributed by atoms with E-state index in [1.807, 2.05) is 0 Å². The molecule has 108 valence electrons. The largest absolute Gasteiger partial charge is 0.480 e. The van der Waals surface area contributed by atoms with Crippen LogP contribution in [0.25, 0.3) is 0 Å². The summed E-state index contributed by atoms with van der Waals surface area (Å²) in [6, 6.07) is -1.23. The Labute approximate surface area is 111 Å². The van der Waals surface area contributed by atoms with Crippen molar-refractivity contribution in [2.24, 2.45) is 0 Å². The third kappa shape index (κ3) is 5.81. The van der Waals surface area contributed by atoms with Gasteiger partial charge in [-0.1, -0.05) is 0 Å². The first-order chi connectivity index (χ1) is 8.94. The molecule has 1 aromatic rings. The normalized spacial score (nSPS) is 13.3. The molecule has 0 fully saturated rings. The molecule has 0 aliphatic rings. The van der Waals surface area contributed by atoms with E-state index < -0.39 is 22.0 Å². The maximum Gasteiger partial charge on any atom is 0.322 e. The second kappa shape index (κ2) is 7.22. The number of aliphatic carboxylic acids is 1. The number of carboxylic acid groups (broad SMARTS) is 1. The number of nitrogens with zero attached hydrogens (tertiary/aromatic N) is 1. The highest BCUT2D eigenvalue weighted by atomic mass is 32.2. The number of carbonyl (C=O) groups is 1. The van der Waals surface area contributed by atoms with Crippen molar-refractivity contribution >= 4 is 16.0 Å². The first kappa shape index (κ1) is 15.6. The molecule has 0 unspecified atom stereocenters. The quantitative estimate of drug-likeness (QED) is 0.520. The van der Waals surface area contributed by atoms with E-state index in [1.54, 1.807) is 6.92 Å². The minimum absolute atomic E-state index is 0.00317. The summed E-state index contributed by atoms with van der Waals surface area (Å²) in [6.45, 7) is 2.19. The Bertz CT molecular complexity index is 485. The minimum atomic E-state index is -3.69. The number of rotatable bonds is 9. The monoisotopic (exact) mass is 291 g/mol. The molecule has 0 aliphatic carbocycles. The lowest BCUT2D eigenvalue weighted by atomic mass is 10.2. The summed E-state index contributed by atoms with van der Waals surface area (Å²) in [5, 5.41) is 9.01. The Morgan fingerprint density at radius 1 is 1.63 bits per heavy atom. The Morgan fingerprint density at radius 3 is 2.89 bits per heavy atom. The number of H-pyrrole nitrogens is 1. The van der Waals surface area contributed by atoms with Crippen LogP contribution in [0.2, 0.25) is 0 Å². The van der Waals surface area contributed by atoms with Crippen molar-refractivity contribution < 1.29 is 23.1 Å². The molecule has 0 spiro atoms. The summed E-state index contributed by atoms with van der Waals surface area (Å²) in [4.78, 5) is 17.5. The first-order valence-electron chi connectivity index (χ1n) is 5.72. The second-order valence-corrected chi connectivity index (χ2v) is 5.68. The number of aromatic amines is 1. The van der Waals surface area contributed by atoms with Gasteiger partial charge in [-0.05, 0) is 6.92 Å². The maximum atomic E-state index is 11.7. The van der Waals surface area contributed by atoms with Gasteiger partial charge >= 0.3 is 5.97 Å². The van der Waals surface area contributed by atoms with Crippen molar-refractivity contribution in [3.05, 3.63) is 18.2 Å². The van der Waals surface area contributed by atoms with Gasteiger partial charge in [0.05, 0.1) is 18.7 Å². The van der Waals surface area contributed by atoms with Crippen LogP contribution in [0, 0.1) is 0 Å². The third-order valence-electron chi connectivity index (χ3n) is 2.30. The van der Waals surface area contributed by atoms with Crippen molar-refractivity contribution in [1.82, 2.24) is 14.7 Å². The van der Waals surface area contributed by atoms with E-state index in [4.69, 9.17) is 9.84 Å². The van der Waals surface area contributed by atoms with Crippen molar-refractivity contribution in [3.8, 4) is 0 Å². The highest BCUT2D eigenvalue weighted by molar-refractivity contribution is 7.89. The van der Waals surface area contributed by atoms with E-state index >= 15 is 0 Å². The first-order valence-corrected chi connectivity index (χ1v) is 7.37. The molecule has 0 aliphatic heterocycles. The number of nitrogens with one attached hydrogen (secondary N) is 2. The standard InChI is InChI=1S/C10H17N3O5S/c1-2-18-3-4-19(16,17)13-9(10(14)15)5-8-6-11-7-12-8/h6-7,9,13H,2-5H2,1H3,(H,11,12)(H,14,15)/t9-/m1/s1. The fourth-order valence-corrected chi connectivity index (χ4v) is 2.46. The molecule has 0 saturated carbocycles. The smallest absolute Gasteiger partial charge is 0.322 e. The summed E-state index contributed by atoms with van der Waals surface area (Å²) in [5.74, 6) is -1.51. The van der Waals surface area contributed by atoms with Gasteiger partial charge in [-0.15, -0.1) is 0 Å².